The third-order valence-electron chi connectivity index (χ3n) is 3.53. The summed E-state index contributed by atoms with van der Waals surface area (Å²) >= 11 is 5.84. The number of halogens is 1. The first kappa shape index (κ1) is 13.8. The number of amidine groups is 1. The van der Waals surface area contributed by atoms with Crippen LogP contribution in [0.2, 0.25) is 5.02 Å². The van der Waals surface area contributed by atoms with Gasteiger partial charge in [0.25, 0.3) is 0 Å². The Morgan fingerprint density at radius 1 is 1.10 bits per heavy atom. The van der Waals surface area contributed by atoms with Gasteiger partial charge in [-0.2, -0.15) is 0 Å². The highest BCUT2D eigenvalue weighted by Crippen LogP contribution is 2.16. The van der Waals surface area contributed by atoms with E-state index in [1.54, 1.807) is 24.3 Å². The summed E-state index contributed by atoms with van der Waals surface area (Å²) in [6.07, 6.45) is 0. The molecule has 1 unspecified atom stereocenters. The van der Waals surface area contributed by atoms with Crippen LogP contribution in [0.15, 0.2) is 59.6 Å². The lowest BCUT2D eigenvalue weighted by molar-refractivity contribution is 0.0924. The predicted octanol–water partition coefficient (Wildman–Crippen LogP) is 3.19. The van der Waals surface area contributed by atoms with Gasteiger partial charge in [-0.3, -0.25) is 9.79 Å². The van der Waals surface area contributed by atoms with Crippen molar-refractivity contribution in [1.82, 2.24) is 5.32 Å². The summed E-state index contributed by atoms with van der Waals surface area (Å²) in [5.41, 5.74) is 1.74. The number of ketones is 1. The van der Waals surface area contributed by atoms with E-state index >= 15 is 0 Å². The Morgan fingerprint density at radius 3 is 2.43 bits per heavy atom. The second-order valence-electron chi connectivity index (χ2n) is 5.00. The van der Waals surface area contributed by atoms with Crippen molar-refractivity contribution in [2.45, 2.75) is 0 Å². The van der Waals surface area contributed by atoms with Crippen molar-refractivity contribution in [2.75, 3.05) is 13.1 Å². The number of nitrogens with one attached hydrogen (secondary N) is 1. The topological polar surface area (TPSA) is 41.5 Å². The number of carbonyl (C=O) groups is 1. The first-order valence-electron chi connectivity index (χ1n) is 6.87. The summed E-state index contributed by atoms with van der Waals surface area (Å²) in [6, 6.07) is 16.9. The van der Waals surface area contributed by atoms with Gasteiger partial charge in [-0.05, 0) is 24.3 Å². The third-order valence-corrected chi connectivity index (χ3v) is 3.78. The zero-order valence-electron chi connectivity index (χ0n) is 11.4. The van der Waals surface area contributed by atoms with Crippen LogP contribution >= 0.6 is 11.6 Å². The average molecular weight is 299 g/mol. The van der Waals surface area contributed by atoms with Crippen LogP contribution in [0, 0.1) is 5.92 Å². The van der Waals surface area contributed by atoms with Crippen molar-refractivity contribution in [2.24, 2.45) is 10.9 Å². The van der Waals surface area contributed by atoms with Crippen LogP contribution in [0.1, 0.15) is 15.9 Å². The van der Waals surface area contributed by atoms with E-state index in [0.29, 0.717) is 23.7 Å². The SMILES string of the molecule is O=C(c1ccc(Cl)cc1)C1CN=C(c2ccccc2)NC1. The van der Waals surface area contributed by atoms with Crippen LogP contribution in [0.4, 0.5) is 0 Å². The molecule has 0 amide bonds. The number of benzene rings is 2. The minimum Gasteiger partial charge on any atom is -0.369 e. The Kier molecular flexibility index (Phi) is 4.02. The maximum Gasteiger partial charge on any atom is 0.169 e. The second kappa shape index (κ2) is 6.10. The number of nitrogens with zero attached hydrogens (tertiary/aromatic N) is 1. The minimum atomic E-state index is -0.126. The lowest BCUT2D eigenvalue weighted by atomic mass is 9.96. The van der Waals surface area contributed by atoms with Gasteiger partial charge < -0.3 is 5.32 Å². The van der Waals surface area contributed by atoms with Crippen molar-refractivity contribution < 1.29 is 4.79 Å². The third kappa shape index (κ3) is 3.14. The van der Waals surface area contributed by atoms with E-state index in [1.165, 1.54) is 0 Å². The molecule has 3 rings (SSSR count). The number of hydrogen-bond donors (Lipinski definition) is 1. The normalized spacial score (nSPS) is 17.8. The van der Waals surface area contributed by atoms with Gasteiger partial charge in [-0.15, -0.1) is 0 Å². The van der Waals surface area contributed by atoms with Gasteiger partial charge in [0, 0.05) is 22.7 Å². The molecule has 1 aliphatic heterocycles. The first-order valence-corrected chi connectivity index (χ1v) is 7.25. The summed E-state index contributed by atoms with van der Waals surface area (Å²) in [5, 5.41) is 3.89. The van der Waals surface area contributed by atoms with Crippen molar-refractivity contribution in [1.29, 1.82) is 0 Å². The Balaban J connectivity index is 1.72. The molecule has 2 aromatic carbocycles. The molecular weight excluding hydrogens is 284 g/mol. The van der Waals surface area contributed by atoms with Crippen LogP contribution in [-0.4, -0.2) is 24.7 Å². The molecule has 0 saturated heterocycles. The van der Waals surface area contributed by atoms with E-state index in [-0.39, 0.29) is 11.7 Å². The van der Waals surface area contributed by atoms with Gasteiger partial charge in [-0.1, -0.05) is 41.9 Å². The van der Waals surface area contributed by atoms with Crippen molar-refractivity contribution in [3.8, 4) is 0 Å². The van der Waals surface area contributed by atoms with Crippen molar-refractivity contribution >= 4 is 23.2 Å². The molecule has 2 aromatic rings. The van der Waals surface area contributed by atoms with Gasteiger partial charge in [0.05, 0.1) is 12.5 Å². The van der Waals surface area contributed by atoms with Crippen LogP contribution in [-0.2, 0) is 0 Å². The standard InChI is InChI=1S/C17H15ClN2O/c18-15-8-6-12(7-9-15)16(21)14-10-19-17(20-11-14)13-4-2-1-3-5-13/h1-9,14H,10-11H2,(H,19,20). The number of rotatable bonds is 3. The van der Waals surface area contributed by atoms with Gasteiger partial charge in [0.1, 0.15) is 5.84 Å². The van der Waals surface area contributed by atoms with Crippen LogP contribution in [0.25, 0.3) is 0 Å². The fourth-order valence-electron chi connectivity index (χ4n) is 2.36. The average Bonchev–Trinajstić information content (AvgIpc) is 2.56. The van der Waals surface area contributed by atoms with E-state index in [2.05, 4.69) is 10.3 Å². The zero-order chi connectivity index (χ0) is 14.7. The number of Topliss-reactive ketones (excluding diaryl/α,β-unsaturated/α-hetero) is 1. The highest BCUT2D eigenvalue weighted by Gasteiger charge is 2.23. The molecule has 3 nitrogen and oxygen atoms in total. The molecule has 0 fully saturated rings. The van der Waals surface area contributed by atoms with E-state index in [0.717, 1.165) is 11.4 Å². The van der Waals surface area contributed by atoms with E-state index in [4.69, 9.17) is 11.6 Å². The Labute approximate surface area is 128 Å². The molecule has 0 bridgehead atoms. The Bertz CT molecular complexity index is 665. The van der Waals surface area contributed by atoms with Crippen molar-refractivity contribution in [3.63, 3.8) is 0 Å². The molecule has 0 radical (unpaired) electrons. The van der Waals surface area contributed by atoms with Gasteiger partial charge in [0.2, 0.25) is 0 Å². The molecule has 4 heteroatoms. The molecule has 1 atom stereocenters. The molecule has 1 aliphatic rings. The molecule has 21 heavy (non-hydrogen) atoms. The zero-order valence-corrected chi connectivity index (χ0v) is 12.2. The fraction of sp³-hybridized carbons (Fsp3) is 0.176. The Hall–Kier alpha value is -2.13. The number of carbonyl (C=O) groups excluding carboxylic acids is 1. The lowest BCUT2D eigenvalue weighted by Gasteiger charge is -2.22. The summed E-state index contributed by atoms with van der Waals surface area (Å²) in [7, 11) is 0. The monoisotopic (exact) mass is 298 g/mol. The molecule has 106 valence electrons. The van der Waals surface area contributed by atoms with E-state index in [9.17, 15) is 4.79 Å². The van der Waals surface area contributed by atoms with Crippen LogP contribution < -0.4 is 5.32 Å². The number of aliphatic imine (C=N–C) groups is 1. The van der Waals surface area contributed by atoms with Crippen molar-refractivity contribution in [3.05, 3.63) is 70.7 Å². The Morgan fingerprint density at radius 2 is 1.81 bits per heavy atom. The highest BCUT2D eigenvalue weighted by molar-refractivity contribution is 6.30. The highest BCUT2D eigenvalue weighted by atomic mass is 35.5. The second-order valence-corrected chi connectivity index (χ2v) is 5.44. The predicted molar refractivity (Wildman–Crippen MR) is 85.1 cm³/mol. The molecule has 0 spiro atoms. The van der Waals surface area contributed by atoms with Gasteiger partial charge in [-0.25, -0.2) is 0 Å². The van der Waals surface area contributed by atoms with Crippen LogP contribution in [0.3, 0.4) is 0 Å². The summed E-state index contributed by atoms with van der Waals surface area (Å²) in [6.45, 7) is 1.12. The quantitative estimate of drug-likeness (QED) is 0.884. The van der Waals surface area contributed by atoms with E-state index < -0.39 is 0 Å². The molecule has 0 saturated carbocycles. The summed E-state index contributed by atoms with van der Waals surface area (Å²) in [4.78, 5) is 16.9. The first-order chi connectivity index (χ1) is 10.2. The molecule has 1 heterocycles. The van der Waals surface area contributed by atoms with E-state index in [1.807, 2.05) is 30.3 Å². The maximum absolute atomic E-state index is 12.4. The smallest absolute Gasteiger partial charge is 0.169 e. The van der Waals surface area contributed by atoms with Gasteiger partial charge in [0.15, 0.2) is 5.78 Å². The minimum absolute atomic E-state index is 0.107. The molecular formula is C17H15ClN2O. The maximum atomic E-state index is 12.4. The lowest BCUT2D eigenvalue weighted by Crippen LogP contribution is -2.39. The summed E-state index contributed by atoms with van der Waals surface area (Å²) < 4.78 is 0. The molecule has 0 aromatic heterocycles. The number of hydrogen-bond acceptors (Lipinski definition) is 3. The molecule has 1 N–H and O–H groups in total. The molecule has 0 aliphatic carbocycles. The summed E-state index contributed by atoms with van der Waals surface area (Å²) in [5.74, 6) is 0.837. The van der Waals surface area contributed by atoms with Gasteiger partial charge >= 0.3 is 0 Å². The van der Waals surface area contributed by atoms with Crippen LogP contribution in [0.5, 0.6) is 0 Å². The fourth-order valence-corrected chi connectivity index (χ4v) is 2.48. The largest absolute Gasteiger partial charge is 0.369 e.